The summed E-state index contributed by atoms with van der Waals surface area (Å²) >= 11 is 0. The molecule has 0 aromatic heterocycles. The Labute approximate surface area is 94.3 Å². The van der Waals surface area contributed by atoms with Gasteiger partial charge in [-0.25, -0.2) is 8.78 Å². The SMILES string of the molecule is CCCCNCC(O)c1ccc(F)c(F)c1. The van der Waals surface area contributed by atoms with Crippen molar-refractivity contribution in [2.45, 2.75) is 25.9 Å². The zero-order chi connectivity index (χ0) is 12.0. The van der Waals surface area contributed by atoms with Crippen molar-refractivity contribution in [2.24, 2.45) is 0 Å². The zero-order valence-electron chi connectivity index (χ0n) is 9.34. The smallest absolute Gasteiger partial charge is 0.159 e. The predicted molar refractivity (Wildman–Crippen MR) is 59.1 cm³/mol. The molecule has 90 valence electrons. The number of benzene rings is 1. The first-order valence-corrected chi connectivity index (χ1v) is 5.49. The van der Waals surface area contributed by atoms with Crippen LogP contribution in [0.1, 0.15) is 31.4 Å². The summed E-state index contributed by atoms with van der Waals surface area (Å²) in [5.74, 6) is -1.82. The fraction of sp³-hybridized carbons (Fsp3) is 0.500. The number of rotatable bonds is 6. The van der Waals surface area contributed by atoms with Gasteiger partial charge in [-0.05, 0) is 30.7 Å². The van der Waals surface area contributed by atoms with Gasteiger partial charge in [0, 0.05) is 6.54 Å². The van der Waals surface area contributed by atoms with Crippen molar-refractivity contribution < 1.29 is 13.9 Å². The molecular weight excluding hydrogens is 212 g/mol. The van der Waals surface area contributed by atoms with Crippen LogP contribution >= 0.6 is 0 Å². The lowest BCUT2D eigenvalue weighted by Gasteiger charge is -2.12. The molecule has 0 amide bonds. The number of unbranched alkanes of at least 4 members (excludes halogenated alkanes) is 1. The summed E-state index contributed by atoms with van der Waals surface area (Å²) in [5.41, 5.74) is 0.392. The summed E-state index contributed by atoms with van der Waals surface area (Å²) in [7, 11) is 0. The van der Waals surface area contributed by atoms with E-state index in [9.17, 15) is 13.9 Å². The minimum Gasteiger partial charge on any atom is -0.387 e. The van der Waals surface area contributed by atoms with Gasteiger partial charge in [0.05, 0.1) is 6.10 Å². The van der Waals surface area contributed by atoms with Crippen LogP contribution in [0, 0.1) is 11.6 Å². The summed E-state index contributed by atoms with van der Waals surface area (Å²) in [6, 6.07) is 3.45. The number of aliphatic hydroxyl groups is 1. The Bertz CT molecular complexity index is 331. The molecule has 1 atom stereocenters. The Balaban J connectivity index is 2.46. The lowest BCUT2D eigenvalue weighted by molar-refractivity contribution is 0.174. The molecule has 2 N–H and O–H groups in total. The second-order valence-electron chi connectivity index (χ2n) is 3.75. The average molecular weight is 229 g/mol. The Morgan fingerprint density at radius 3 is 2.69 bits per heavy atom. The molecule has 1 aromatic carbocycles. The summed E-state index contributed by atoms with van der Waals surface area (Å²) in [4.78, 5) is 0. The van der Waals surface area contributed by atoms with Gasteiger partial charge < -0.3 is 10.4 Å². The highest BCUT2D eigenvalue weighted by atomic mass is 19.2. The van der Waals surface area contributed by atoms with Crippen molar-refractivity contribution in [2.75, 3.05) is 13.1 Å². The summed E-state index contributed by atoms with van der Waals surface area (Å²) in [6.07, 6.45) is 1.31. The van der Waals surface area contributed by atoms with E-state index in [2.05, 4.69) is 12.2 Å². The minimum atomic E-state index is -0.926. The number of hydrogen-bond donors (Lipinski definition) is 2. The van der Waals surface area contributed by atoms with Crippen LogP contribution in [0.3, 0.4) is 0 Å². The van der Waals surface area contributed by atoms with Crippen LogP contribution in [0.2, 0.25) is 0 Å². The number of halogens is 2. The van der Waals surface area contributed by atoms with Crippen molar-refractivity contribution in [3.05, 3.63) is 35.4 Å². The fourth-order valence-electron chi connectivity index (χ4n) is 1.38. The van der Waals surface area contributed by atoms with Crippen molar-refractivity contribution >= 4 is 0 Å². The summed E-state index contributed by atoms with van der Waals surface area (Å²) < 4.78 is 25.5. The van der Waals surface area contributed by atoms with Gasteiger partial charge >= 0.3 is 0 Å². The van der Waals surface area contributed by atoms with Crippen molar-refractivity contribution in [3.8, 4) is 0 Å². The fourth-order valence-corrected chi connectivity index (χ4v) is 1.38. The lowest BCUT2D eigenvalue weighted by Crippen LogP contribution is -2.22. The van der Waals surface area contributed by atoms with Crippen LogP contribution in [0.25, 0.3) is 0 Å². The second kappa shape index (κ2) is 6.55. The first-order chi connectivity index (χ1) is 7.65. The lowest BCUT2D eigenvalue weighted by atomic mass is 10.1. The molecule has 0 aliphatic carbocycles. The molecule has 1 unspecified atom stereocenters. The molecule has 4 heteroatoms. The molecule has 1 rings (SSSR count). The third kappa shape index (κ3) is 3.87. The first-order valence-electron chi connectivity index (χ1n) is 5.49. The van der Waals surface area contributed by atoms with Gasteiger partial charge in [-0.1, -0.05) is 19.4 Å². The Morgan fingerprint density at radius 2 is 2.06 bits per heavy atom. The van der Waals surface area contributed by atoms with Gasteiger partial charge in [0.2, 0.25) is 0 Å². The second-order valence-corrected chi connectivity index (χ2v) is 3.75. The van der Waals surface area contributed by atoms with E-state index >= 15 is 0 Å². The van der Waals surface area contributed by atoms with Gasteiger partial charge in [-0.15, -0.1) is 0 Å². The molecule has 0 aliphatic heterocycles. The molecule has 1 aromatic rings. The maximum Gasteiger partial charge on any atom is 0.159 e. The third-order valence-electron chi connectivity index (χ3n) is 2.37. The van der Waals surface area contributed by atoms with E-state index in [0.717, 1.165) is 31.5 Å². The van der Waals surface area contributed by atoms with Gasteiger partial charge in [0.1, 0.15) is 0 Å². The Hall–Kier alpha value is -1.00. The van der Waals surface area contributed by atoms with Crippen molar-refractivity contribution in [3.63, 3.8) is 0 Å². The van der Waals surface area contributed by atoms with Gasteiger partial charge in [0.15, 0.2) is 11.6 Å². The molecule has 0 heterocycles. The number of aliphatic hydroxyl groups excluding tert-OH is 1. The van der Waals surface area contributed by atoms with E-state index in [1.165, 1.54) is 6.07 Å². The highest BCUT2D eigenvalue weighted by Crippen LogP contribution is 2.15. The molecule has 0 saturated heterocycles. The Kier molecular flexibility index (Phi) is 5.35. The van der Waals surface area contributed by atoms with Crippen LogP contribution in [0.4, 0.5) is 8.78 Å². The molecule has 0 bridgehead atoms. The Morgan fingerprint density at radius 1 is 1.31 bits per heavy atom. The molecule has 0 fully saturated rings. The first kappa shape index (κ1) is 13.1. The predicted octanol–water partition coefficient (Wildman–Crippen LogP) is 2.39. The molecule has 0 radical (unpaired) electrons. The monoisotopic (exact) mass is 229 g/mol. The van der Waals surface area contributed by atoms with E-state index in [4.69, 9.17) is 0 Å². The molecule has 16 heavy (non-hydrogen) atoms. The van der Waals surface area contributed by atoms with Crippen LogP contribution < -0.4 is 5.32 Å². The standard InChI is InChI=1S/C12H17F2NO/c1-2-3-6-15-8-12(16)9-4-5-10(13)11(14)7-9/h4-5,7,12,15-16H,2-3,6,8H2,1H3. The van der Waals surface area contributed by atoms with E-state index in [1.807, 2.05) is 0 Å². The molecule has 0 saturated carbocycles. The van der Waals surface area contributed by atoms with Crippen LogP contribution in [0.15, 0.2) is 18.2 Å². The molecule has 2 nitrogen and oxygen atoms in total. The van der Waals surface area contributed by atoms with E-state index in [1.54, 1.807) is 0 Å². The number of nitrogens with one attached hydrogen (secondary N) is 1. The van der Waals surface area contributed by atoms with E-state index < -0.39 is 17.7 Å². The topological polar surface area (TPSA) is 32.3 Å². The largest absolute Gasteiger partial charge is 0.387 e. The highest BCUT2D eigenvalue weighted by Gasteiger charge is 2.10. The maximum atomic E-state index is 12.9. The van der Waals surface area contributed by atoms with Gasteiger partial charge in [0.25, 0.3) is 0 Å². The summed E-state index contributed by atoms with van der Waals surface area (Å²) in [5, 5.41) is 12.7. The minimum absolute atomic E-state index is 0.352. The summed E-state index contributed by atoms with van der Waals surface area (Å²) in [6.45, 7) is 3.25. The molecule has 0 spiro atoms. The van der Waals surface area contributed by atoms with Crippen LogP contribution in [-0.2, 0) is 0 Å². The molecule has 0 aliphatic rings. The van der Waals surface area contributed by atoms with Crippen LogP contribution in [-0.4, -0.2) is 18.2 Å². The highest BCUT2D eigenvalue weighted by molar-refractivity contribution is 5.20. The maximum absolute atomic E-state index is 12.9. The van der Waals surface area contributed by atoms with Crippen LogP contribution in [0.5, 0.6) is 0 Å². The van der Waals surface area contributed by atoms with Crippen molar-refractivity contribution in [1.82, 2.24) is 5.32 Å². The quantitative estimate of drug-likeness (QED) is 0.734. The third-order valence-corrected chi connectivity index (χ3v) is 2.37. The molecular formula is C12H17F2NO. The van der Waals surface area contributed by atoms with E-state index in [0.29, 0.717) is 12.1 Å². The van der Waals surface area contributed by atoms with E-state index in [-0.39, 0.29) is 0 Å². The van der Waals surface area contributed by atoms with Gasteiger partial charge in [-0.2, -0.15) is 0 Å². The number of hydrogen-bond acceptors (Lipinski definition) is 2. The van der Waals surface area contributed by atoms with Crippen molar-refractivity contribution in [1.29, 1.82) is 0 Å². The van der Waals surface area contributed by atoms with Gasteiger partial charge in [-0.3, -0.25) is 0 Å². The normalized spacial score (nSPS) is 12.8. The zero-order valence-corrected chi connectivity index (χ0v) is 9.34. The average Bonchev–Trinajstić information content (AvgIpc) is 2.28.